The van der Waals surface area contributed by atoms with Crippen LogP contribution in [-0.2, 0) is 11.3 Å². The van der Waals surface area contributed by atoms with Gasteiger partial charge in [0.15, 0.2) is 23.3 Å². The minimum atomic E-state index is -1.25. The lowest BCUT2D eigenvalue weighted by Gasteiger charge is -2.24. The Kier molecular flexibility index (Phi) is 5.52. The zero-order valence-corrected chi connectivity index (χ0v) is 14.4. The van der Waals surface area contributed by atoms with Gasteiger partial charge in [-0.1, -0.05) is 0 Å². The SMILES string of the molecule is Nc1nc(N2C[C@H](S)C[C@H]2COCc2cc(F)c(F)cc2F)ncc1F. The highest BCUT2D eigenvalue weighted by Gasteiger charge is 2.32. The lowest BCUT2D eigenvalue weighted by atomic mass is 10.2. The highest BCUT2D eigenvalue weighted by atomic mass is 32.1. The third-order valence-corrected chi connectivity index (χ3v) is 4.44. The molecule has 1 fully saturated rings. The van der Waals surface area contributed by atoms with Crippen LogP contribution < -0.4 is 10.6 Å². The largest absolute Gasteiger partial charge is 0.381 e. The molecule has 0 bridgehead atoms. The molecule has 2 N–H and O–H groups in total. The van der Waals surface area contributed by atoms with Gasteiger partial charge in [-0.2, -0.15) is 17.6 Å². The highest BCUT2D eigenvalue weighted by molar-refractivity contribution is 7.81. The van der Waals surface area contributed by atoms with Crippen LogP contribution in [0.15, 0.2) is 18.3 Å². The summed E-state index contributed by atoms with van der Waals surface area (Å²) in [6.07, 6.45) is 1.61. The predicted molar refractivity (Wildman–Crippen MR) is 90.9 cm³/mol. The Morgan fingerprint density at radius 1 is 1.15 bits per heavy atom. The second kappa shape index (κ2) is 7.67. The zero-order valence-electron chi connectivity index (χ0n) is 13.5. The maximum absolute atomic E-state index is 13.6. The quantitative estimate of drug-likeness (QED) is 0.469. The molecule has 2 atom stereocenters. The lowest BCUT2D eigenvalue weighted by Crippen LogP contribution is -2.34. The van der Waals surface area contributed by atoms with E-state index in [4.69, 9.17) is 10.5 Å². The van der Waals surface area contributed by atoms with Gasteiger partial charge in [-0.05, 0) is 12.5 Å². The number of ether oxygens (including phenoxy) is 1. The van der Waals surface area contributed by atoms with Gasteiger partial charge < -0.3 is 15.4 Å². The average Bonchev–Trinajstić information content (AvgIpc) is 2.95. The van der Waals surface area contributed by atoms with Crippen molar-refractivity contribution in [2.24, 2.45) is 0 Å². The zero-order chi connectivity index (χ0) is 18.8. The van der Waals surface area contributed by atoms with Gasteiger partial charge >= 0.3 is 0 Å². The van der Waals surface area contributed by atoms with E-state index in [0.29, 0.717) is 19.0 Å². The number of aromatic nitrogens is 2. The van der Waals surface area contributed by atoms with Gasteiger partial charge in [-0.3, -0.25) is 0 Å². The molecule has 2 heterocycles. The van der Waals surface area contributed by atoms with Crippen molar-refractivity contribution in [3.63, 3.8) is 0 Å². The van der Waals surface area contributed by atoms with E-state index in [1.54, 1.807) is 4.90 Å². The molecule has 140 valence electrons. The molecule has 26 heavy (non-hydrogen) atoms. The second-order valence-corrected chi connectivity index (χ2v) is 6.70. The van der Waals surface area contributed by atoms with Crippen LogP contribution in [0.4, 0.5) is 29.3 Å². The fourth-order valence-corrected chi connectivity index (χ4v) is 3.20. The third-order valence-electron chi connectivity index (χ3n) is 4.06. The van der Waals surface area contributed by atoms with Crippen LogP contribution in [0.5, 0.6) is 0 Å². The lowest BCUT2D eigenvalue weighted by molar-refractivity contribution is 0.106. The molecule has 0 saturated carbocycles. The number of benzene rings is 1. The Balaban J connectivity index is 1.66. The van der Waals surface area contributed by atoms with Gasteiger partial charge in [0.05, 0.1) is 25.5 Å². The fourth-order valence-electron chi connectivity index (χ4n) is 2.78. The molecular weight excluding hydrogens is 372 g/mol. The molecule has 0 aliphatic carbocycles. The van der Waals surface area contributed by atoms with E-state index in [1.165, 1.54) is 0 Å². The normalized spacial score (nSPS) is 20.0. The number of hydrogen-bond donors (Lipinski definition) is 2. The maximum atomic E-state index is 13.6. The van der Waals surface area contributed by atoms with E-state index in [2.05, 4.69) is 22.6 Å². The van der Waals surface area contributed by atoms with Crippen molar-refractivity contribution >= 4 is 24.4 Å². The van der Waals surface area contributed by atoms with Crippen LogP contribution in [0.25, 0.3) is 0 Å². The third kappa shape index (κ3) is 4.01. The molecule has 10 heteroatoms. The number of anilines is 2. The molecule has 0 unspecified atom stereocenters. The molecular formula is C16H16F4N4OS. The Labute approximate surface area is 152 Å². The Morgan fingerprint density at radius 3 is 2.62 bits per heavy atom. The summed E-state index contributed by atoms with van der Waals surface area (Å²) in [6.45, 7) is 0.426. The number of nitrogens with zero attached hydrogens (tertiary/aromatic N) is 3. The van der Waals surface area contributed by atoms with E-state index >= 15 is 0 Å². The smallest absolute Gasteiger partial charge is 0.227 e. The summed E-state index contributed by atoms with van der Waals surface area (Å²) in [5, 5.41) is 0.0125. The van der Waals surface area contributed by atoms with Crippen molar-refractivity contribution in [2.45, 2.75) is 24.3 Å². The molecule has 0 radical (unpaired) electrons. The molecule has 0 amide bonds. The van der Waals surface area contributed by atoms with Gasteiger partial charge in [0.25, 0.3) is 0 Å². The van der Waals surface area contributed by atoms with E-state index in [1.807, 2.05) is 0 Å². The number of nitrogen functional groups attached to an aromatic ring is 1. The summed E-state index contributed by atoms with van der Waals surface area (Å²) < 4.78 is 58.5. The summed E-state index contributed by atoms with van der Waals surface area (Å²) in [4.78, 5) is 9.62. The van der Waals surface area contributed by atoms with Crippen LogP contribution >= 0.6 is 12.6 Å². The van der Waals surface area contributed by atoms with Crippen LogP contribution in [0.2, 0.25) is 0 Å². The van der Waals surface area contributed by atoms with Gasteiger partial charge in [0.1, 0.15) is 5.82 Å². The fraction of sp³-hybridized carbons (Fsp3) is 0.375. The summed E-state index contributed by atoms with van der Waals surface area (Å²) in [6, 6.07) is 1.05. The topological polar surface area (TPSA) is 64.3 Å². The van der Waals surface area contributed by atoms with Crippen molar-refractivity contribution in [1.82, 2.24) is 9.97 Å². The number of hydrogen-bond acceptors (Lipinski definition) is 6. The van der Waals surface area contributed by atoms with Crippen molar-refractivity contribution in [1.29, 1.82) is 0 Å². The Bertz CT molecular complexity index is 810. The van der Waals surface area contributed by atoms with Crippen LogP contribution in [0.3, 0.4) is 0 Å². The van der Waals surface area contributed by atoms with Crippen molar-refractivity contribution in [2.75, 3.05) is 23.8 Å². The van der Waals surface area contributed by atoms with Gasteiger partial charge in [0, 0.05) is 23.4 Å². The maximum Gasteiger partial charge on any atom is 0.227 e. The highest BCUT2D eigenvalue weighted by Crippen LogP contribution is 2.27. The molecule has 3 rings (SSSR count). The van der Waals surface area contributed by atoms with Crippen LogP contribution in [-0.4, -0.2) is 34.4 Å². The first kappa shape index (κ1) is 18.7. The number of nitrogens with two attached hydrogens (primary N) is 1. The van der Waals surface area contributed by atoms with Gasteiger partial charge in [-0.25, -0.2) is 22.5 Å². The number of rotatable bonds is 5. The predicted octanol–water partition coefficient (Wildman–Crippen LogP) is 2.71. The Morgan fingerprint density at radius 2 is 1.88 bits per heavy atom. The molecule has 1 aromatic carbocycles. The molecule has 0 spiro atoms. The van der Waals surface area contributed by atoms with Crippen LogP contribution in [0, 0.1) is 23.3 Å². The Hall–Kier alpha value is -2.07. The molecule has 5 nitrogen and oxygen atoms in total. The number of halogens is 4. The van der Waals surface area contributed by atoms with Gasteiger partial charge in [-0.15, -0.1) is 0 Å². The first-order chi connectivity index (χ1) is 12.3. The average molecular weight is 388 g/mol. The molecule has 1 aromatic heterocycles. The summed E-state index contributed by atoms with van der Waals surface area (Å²) >= 11 is 4.43. The molecule has 2 aromatic rings. The van der Waals surface area contributed by atoms with Crippen molar-refractivity contribution in [3.8, 4) is 0 Å². The standard InChI is InChI=1S/C16H16F4N4OS/c17-11-3-13(19)12(18)1-8(11)6-25-7-9-2-10(26)5-24(9)16-22-4-14(20)15(21)23-16/h1,3-4,9-10,26H,2,5-7H2,(H2,21,22,23)/t9-,10+/m0/s1. The van der Waals surface area contributed by atoms with E-state index < -0.39 is 23.3 Å². The first-order valence-electron chi connectivity index (χ1n) is 7.79. The minimum Gasteiger partial charge on any atom is -0.381 e. The van der Waals surface area contributed by atoms with E-state index in [9.17, 15) is 17.6 Å². The molecule has 1 saturated heterocycles. The first-order valence-corrected chi connectivity index (χ1v) is 8.30. The summed E-state index contributed by atoms with van der Waals surface area (Å²) in [7, 11) is 0. The van der Waals surface area contributed by atoms with Crippen molar-refractivity contribution in [3.05, 3.63) is 47.2 Å². The second-order valence-electron chi connectivity index (χ2n) is 5.97. The van der Waals surface area contributed by atoms with E-state index in [-0.39, 0.29) is 41.8 Å². The minimum absolute atomic E-state index is 0.0125. The number of thiol groups is 1. The van der Waals surface area contributed by atoms with Crippen molar-refractivity contribution < 1.29 is 22.3 Å². The summed E-state index contributed by atoms with van der Waals surface area (Å²) in [5.74, 6) is -4.00. The molecule has 1 aliphatic rings. The summed E-state index contributed by atoms with van der Waals surface area (Å²) in [5.41, 5.74) is 5.39. The van der Waals surface area contributed by atoms with Crippen LogP contribution in [0.1, 0.15) is 12.0 Å². The molecule has 1 aliphatic heterocycles. The monoisotopic (exact) mass is 388 g/mol. The van der Waals surface area contributed by atoms with E-state index in [0.717, 1.165) is 12.3 Å². The van der Waals surface area contributed by atoms with Gasteiger partial charge in [0.2, 0.25) is 5.95 Å².